The second kappa shape index (κ2) is 10.3. The molecule has 1 aliphatic heterocycles. The van der Waals surface area contributed by atoms with Crippen LogP contribution in [0.1, 0.15) is 23.2 Å². The molecule has 8 nitrogen and oxygen atoms in total. The molecule has 1 aliphatic rings. The summed E-state index contributed by atoms with van der Waals surface area (Å²) in [6, 6.07) is 8.72. The normalized spacial score (nSPS) is 13.0. The van der Waals surface area contributed by atoms with Crippen LogP contribution in [0.25, 0.3) is 0 Å². The van der Waals surface area contributed by atoms with E-state index in [4.69, 9.17) is 37.4 Å². The lowest BCUT2D eigenvalue weighted by molar-refractivity contribution is -0.142. The maximum Gasteiger partial charge on any atom is 0.306 e. The van der Waals surface area contributed by atoms with E-state index in [1.54, 1.807) is 0 Å². The number of esters is 1. The third-order valence-corrected chi connectivity index (χ3v) is 6.28. The molecule has 11 heteroatoms. The number of fused-ring (bicyclic) bond motifs is 1. The quantitative estimate of drug-likeness (QED) is 0.328. The first-order valence-corrected chi connectivity index (χ1v) is 11.5. The third kappa shape index (κ3) is 6.33. The molecular formula is C20H19Cl2NO7S. The lowest BCUT2D eigenvalue weighted by atomic mass is 10.1. The average Bonchev–Trinajstić information content (AvgIpc) is 2.74. The van der Waals surface area contributed by atoms with Gasteiger partial charge in [-0.1, -0.05) is 23.2 Å². The molecule has 1 heterocycles. The smallest absolute Gasteiger partial charge is 0.306 e. The summed E-state index contributed by atoms with van der Waals surface area (Å²) in [5.41, 5.74) is 0.200. The molecule has 1 N–H and O–H groups in total. The van der Waals surface area contributed by atoms with Gasteiger partial charge in [0, 0.05) is 29.6 Å². The summed E-state index contributed by atoms with van der Waals surface area (Å²) in [6.07, 6.45) is 0.129. The Morgan fingerprint density at radius 1 is 1.03 bits per heavy atom. The van der Waals surface area contributed by atoms with Crippen molar-refractivity contribution in [3.8, 4) is 11.5 Å². The first-order chi connectivity index (χ1) is 14.8. The molecule has 0 spiro atoms. The summed E-state index contributed by atoms with van der Waals surface area (Å²) in [7, 11) is -3.78. The first-order valence-electron chi connectivity index (χ1n) is 9.29. The molecule has 0 amide bonds. The number of ketones is 1. The van der Waals surface area contributed by atoms with Gasteiger partial charge in [0.25, 0.3) is 0 Å². The van der Waals surface area contributed by atoms with Crippen LogP contribution in [0.2, 0.25) is 10.0 Å². The van der Waals surface area contributed by atoms with Gasteiger partial charge in [-0.15, -0.1) is 0 Å². The van der Waals surface area contributed by atoms with Crippen LogP contribution in [0.4, 0.5) is 0 Å². The molecule has 3 rings (SSSR count). The number of carbonyl (C=O) groups is 2. The van der Waals surface area contributed by atoms with E-state index in [-0.39, 0.29) is 34.9 Å². The van der Waals surface area contributed by atoms with Gasteiger partial charge in [0.05, 0.1) is 9.92 Å². The minimum absolute atomic E-state index is 0.0167. The summed E-state index contributed by atoms with van der Waals surface area (Å²) in [6.45, 7) is 0.302. The average molecular weight is 488 g/mol. The molecule has 0 saturated carbocycles. The van der Waals surface area contributed by atoms with Crippen molar-refractivity contribution in [3.63, 3.8) is 0 Å². The lowest BCUT2D eigenvalue weighted by Crippen LogP contribution is -2.26. The number of ether oxygens (including phenoxy) is 3. The van der Waals surface area contributed by atoms with Crippen molar-refractivity contribution in [2.75, 3.05) is 26.4 Å². The largest absolute Gasteiger partial charge is 0.486 e. The fraction of sp³-hybridized carbons (Fsp3) is 0.300. The highest BCUT2D eigenvalue weighted by atomic mass is 35.5. The zero-order valence-corrected chi connectivity index (χ0v) is 18.6. The maximum absolute atomic E-state index is 12.4. The van der Waals surface area contributed by atoms with Crippen LogP contribution in [-0.4, -0.2) is 46.5 Å². The number of halogens is 2. The number of hydrogen-bond donors (Lipinski definition) is 1. The fourth-order valence-electron chi connectivity index (χ4n) is 2.73. The van der Waals surface area contributed by atoms with Crippen molar-refractivity contribution in [3.05, 3.63) is 52.0 Å². The van der Waals surface area contributed by atoms with E-state index in [0.29, 0.717) is 29.7 Å². The predicted octanol–water partition coefficient (Wildman–Crippen LogP) is 3.25. The van der Waals surface area contributed by atoms with E-state index in [9.17, 15) is 18.0 Å². The maximum atomic E-state index is 12.4. The van der Waals surface area contributed by atoms with Gasteiger partial charge < -0.3 is 14.2 Å². The van der Waals surface area contributed by atoms with Crippen LogP contribution < -0.4 is 14.2 Å². The topological polar surface area (TPSA) is 108 Å². The Kier molecular flexibility index (Phi) is 7.77. The highest BCUT2D eigenvalue weighted by molar-refractivity contribution is 7.89. The van der Waals surface area contributed by atoms with Crippen LogP contribution in [0.15, 0.2) is 41.3 Å². The Hall–Kier alpha value is -2.33. The molecule has 31 heavy (non-hydrogen) atoms. The number of Topliss-reactive ketones (excluding diaryl/α,β-unsaturated/α-hetero) is 1. The zero-order chi connectivity index (χ0) is 22.4. The molecule has 0 saturated heterocycles. The Labute approximate surface area is 189 Å². The van der Waals surface area contributed by atoms with Crippen LogP contribution >= 0.6 is 23.2 Å². The minimum atomic E-state index is -3.78. The van der Waals surface area contributed by atoms with Gasteiger partial charge in [0.2, 0.25) is 15.8 Å². The number of sulfonamides is 1. The number of rotatable bonds is 9. The van der Waals surface area contributed by atoms with Gasteiger partial charge >= 0.3 is 5.97 Å². The minimum Gasteiger partial charge on any atom is -0.486 e. The number of benzene rings is 2. The molecule has 0 atom stereocenters. The molecular weight excluding hydrogens is 469 g/mol. The SMILES string of the molecule is O=C(CCCNS(=O)(=O)c1ccc2c(c1)OCCO2)OCC(=O)c1ccc(Cl)cc1Cl. The van der Waals surface area contributed by atoms with E-state index >= 15 is 0 Å². The standard InChI is InChI=1S/C20H19Cl2NO7S/c21-13-3-5-15(16(22)10-13)17(24)12-30-20(25)2-1-7-23-31(26,27)14-4-6-18-19(11-14)29-9-8-28-18/h3-6,10-11,23H,1-2,7-9,12H2. The molecule has 0 aromatic heterocycles. The van der Waals surface area contributed by atoms with Crippen molar-refractivity contribution in [1.82, 2.24) is 4.72 Å². The van der Waals surface area contributed by atoms with Crippen LogP contribution in [0.5, 0.6) is 11.5 Å². The van der Waals surface area contributed by atoms with Gasteiger partial charge in [0.15, 0.2) is 18.1 Å². The van der Waals surface area contributed by atoms with Gasteiger partial charge in [0.1, 0.15) is 13.2 Å². The van der Waals surface area contributed by atoms with Gasteiger partial charge in [-0.25, -0.2) is 13.1 Å². The van der Waals surface area contributed by atoms with E-state index in [1.807, 2.05) is 0 Å². The molecule has 0 bridgehead atoms. The molecule has 0 unspecified atom stereocenters. The Bertz CT molecular complexity index is 1090. The van der Waals surface area contributed by atoms with Gasteiger partial charge in [-0.05, 0) is 36.8 Å². The molecule has 2 aromatic rings. The Morgan fingerprint density at radius 2 is 1.77 bits per heavy atom. The number of nitrogens with one attached hydrogen (secondary N) is 1. The van der Waals surface area contributed by atoms with Gasteiger partial charge in [-0.3, -0.25) is 9.59 Å². The lowest BCUT2D eigenvalue weighted by Gasteiger charge is -2.18. The summed E-state index contributed by atoms with van der Waals surface area (Å²) in [4.78, 5) is 24.0. The zero-order valence-electron chi connectivity index (χ0n) is 16.2. The summed E-state index contributed by atoms with van der Waals surface area (Å²) in [5.74, 6) is -0.239. The molecule has 166 valence electrons. The highest BCUT2D eigenvalue weighted by Gasteiger charge is 2.19. The monoisotopic (exact) mass is 487 g/mol. The van der Waals surface area contributed by atoms with E-state index in [2.05, 4.69) is 4.72 Å². The number of hydrogen-bond acceptors (Lipinski definition) is 7. The van der Waals surface area contributed by atoms with E-state index < -0.39 is 28.4 Å². The van der Waals surface area contributed by atoms with E-state index in [0.717, 1.165) is 0 Å². The van der Waals surface area contributed by atoms with Crippen LogP contribution in [-0.2, 0) is 19.6 Å². The summed E-state index contributed by atoms with van der Waals surface area (Å²) in [5, 5.41) is 0.555. The van der Waals surface area contributed by atoms with Crippen molar-refractivity contribution >= 4 is 45.0 Å². The Morgan fingerprint density at radius 3 is 2.52 bits per heavy atom. The third-order valence-electron chi connectivity index (χ3n) is 4.27. The Balaban J connectivity index is 1.42. The van der Waals surface area contributed by atoms with Crippen molar-refractivity contribution in [1.29, 1.82) is 0 Å². The van der Waals surface area contributed by atoms with Crippen LogP contribution in [0.3, 0.4) is 0 Å². The summed E-state index contributed by atoms with van der Waals surface area (Å²) >= 11 is 11.7. The highest BCUT2D eigenvalue weighted by Crippen LogP contribution is 2.32. The van der Waals surface area contributed by atoms with Crippen molar-refractivity contribution in [2.45, 2.75) is 17.7 Å². The van der Waals surface area contributed by atoms with Crippen molar-refractivity contribution < 1.29 is 32.2 Å². The molecule has 0 aliphatic carbocycles. The van der Waals surface area contributed by atoms with Gasteiger partial charge in [-0.2, -0.15) is 0 Å². The van der Waals surface area contributed by atoms with E-state index in [1.165, 1.54) is 36.4 Å². The first kappa shape index (κ1) is 23.3. The second-order valence-electron chi connectivity index (χ2n) is 6.51. The summed E-state index contributed by atoms with van der Waals surface area (Å²) < 4.78 is 42.9. The molecule has 2 aromatic carbocycles. The predicted molar refractivity (Wildman–Crippen MR) is 114 cm³/mol. The van der Waals surface area contributed by atoms with Crippen LogP contribution in [0, 0.1) is 0 Å². The number of carbonyl (C=O) groups excluding carboxylic acids is 2. The molecule has 0 radical (unpaired) electrons. The second-order valence-corrected chi connectivity index (χ2v) is 9.13. The fourth-order valence-corrected chi connectivity index (χ4v) is 4.33. The van der Waals surface area contributed by atoms with Crippen molar-refractivity contribution in [2.24, 2.45) is 0 Å². The molecule has 0 fully saturated rings.